The van der Waals surface area contributed by atoms with Crippen LogP contribution in [0.4, 0.5) is 0 Å². The van der Waals surface area contributed by atoms with Crippen LogP contribution in [0.3, 0.4) is 0 Å². The first-order chi connectivity index (χ1) is 55.6. The minimum absolute atomic E-state index is 0.000154. The average molecular weight is 1810 g/mol. The molecule has 115 heavy (non-hydrogen) atoms. The van der Waals surface area contributed by atoms with Crippen LogP contribution in [0, 0.1) is 0 Å². The summed E-state index contributed by atoms with van der Waals surface area (Å²) in [4.78, 5) is 13.7. The van der Waals surface area contributed by atoms with Crippen LogP contribution in [0.5, 0.6) is 0 Å². The van der Waals surface area contributed by atoms with E-state index < -0.39 is 193 Å². The van der Waals surface area contributed by atoms with Gasteiger partial charge in [-0.05, 0) is 63.1 Å². The molecule has 8 aliphatic heterocycles. The molecule has 27 atom stereocenters. The van der Waals surface area contributed by atoms with Crippen LogP contribution in [0.25, 0.3) is 0 Å². The van der Waals surface area contributed by atoms with Crippen LogP contribution in [0.15, 0.2) is 30.3 Å². The minimum Gasteiger partial charge on any atom is -0.373 e. The van der Waals surface area contributed by atoms with Gasteiger partial charge in [0.05, 0.1) is 26.4 Å². The molecule has 0 radical (unpaired) electrons. The summed E-state index contributed by atoms with van der Waals surface area (Å²) >= 11 is 2.09. The first-order valence-electron chi connectivity index (χ1n) is 43.9. The van der Waals surface area contributed by atoms with Crippen molar-refractivity contribution >= 4 is 50.6 Å². The van der Waals surface area contributed by atoms with E-state index in [1.165, 1.54) is 6.92 Å². The molecular formula is C84H145IO27PSSi-. The number of rotatable bonds is 52. The summed E-state index contributed by atoms with van der Waals surface area (Å²) in [7, 11) is 1.08. The molecule has 0 aliphatic carbocycles. The SMILES string of the molecule is CCCCOCC1O[C@@H](O[C@H]2C(OCCCC)[C@H](O[C@@H]3C(O[C@@H]4OC(C)[C@H](OCCCC)C5OC(C)(C)O[C@@H]54)[C@@H](OC(C)=O)C(C)O[C@H]3O[S-](#P)I)OC(C)[C@@H]2O[C@@H]2OC[C@@H](OCCCC)[C@@H](OC34COC[C@]3(COCCCC)O[C@@H](c3ccccc3)O4)C2OCCCC)C(O[Si](CC)(CC)CC)[C@H](OCCCC)[C@@H]1OCCCC. The molecule has 27 nitrogen and oxygen atoms in total. The molecule has 9 rings (SSSR count). The fourth-order valence-corrected chi connectivity index (χ4v) is 20.2. The van der Waals surface area contributed by atoms with Crippen molar-refractivity contribution in [3.63, 3.8) is 0 Å². The summed E-state index contributed by atoms with van der Waals surface area (Å²) in [6.07, 6.45) is -11.2. The standard InChI is InChI=1S/C84H145IO27PSSi/c1-18-29-42-87-50-61-65(92-46-33-22-5)67(93-47-34-23-6)75(112-115(26-9,27-10)28-11)80(101-61)103-68-64(102-77-71(94-48-35-24-7)66(60(51-96-77)90-44-31-20-3)108-84-54-89-53-83(84,52-88-43-30-19-2)109-76(110-84)59-40-38-37-39-41-59)57(14)98-78(72(68)95-49-36-25-8)105-73-69(63(100-58(15)86)56(13)99-81(73)111-114(85)113)104-79-74-70(106-82(16,17)107-74)62(55(12)97-79)91-45-32-21-4/h37-41,55-57,60-81H,18-36,42-54H2,1-17H3/q-1/t55?,56?,57?,60-,61?,62+,63+,64+,65-,66-,67-,68-,69?,70?,71?,72?,73-,74+,75?,76-,77+,78+,79+,80+,81+,83+,84?/m1/s1. The Morgan fingerprint density at radius 3 is 1.58 bits per heavy atom. The number of fused-ring (bicyclic) bond motifs is 2. The Hall–Kier alpha value is -0.583. The van der Waals surface area contributed by atoms with E-state index in [0.717, 1.165) is 114 Å². The van der Waals surface area contributed by atoms with Gasteiger partial charge < -0.3 is 47.4 Å². The number of halogens is 1. The minimum atomic E-state index is -2.66. The summed E-state index contributed by atoms with van der Waals surface area (Å²) in [5, 5.41) is 0. The molecule has 8 aliphatic rings. The number of carbonyl (C=O) groups excluding carboxylic acids is 1. The Balaban J connectivity index is 1.22. The molecule has 0 N–H and O–H groups in total. The Bertz CT molecular complexity index is 2960. The van der Waals surface area contributed by atoms with Gasteiger partial charge in [0, 0.05) is 45.2 Å². The predicted molar refractivity (Wildman–Crippen MR) is 444 cm³/mol. The van der Waals surface area contributed by atoms with Crippen LogP contribution in [0.2, 0.25) is 18.1 Å². The number of esters is 1. The quantitative estimate of drug-likeness (QED) is 0.0147. The van der Waals surface area contributed by atoms with E-state index in [-0.39, 0.29) is 39.6 Å². The van der Waals surface area contributed by atoms with Gasteiger partial charge in [-0.25, -0.2) is 0 Å². The molecule has 8 fully saturated rings. The Morgan fingerprint density at radius 2 is 0.983 bits per heavy atom. The number of benzene rings is 1. The summed E-state index contributed by atoms with van der Waals surface area (Å²) in [5.41, 5.74) is -0.435. The van der Waals surface area contributed by atoms with Crippen molar-refractivity contribution in [2.45, 2.75) is 409 Å². The van der Waals surface area contributed by atoms with Crippen LogP contribution in [-0.4, -0.2) is 265 Å². The third-order valence-corrected chi connectivity index (χ3v) is 28.9. The number of carbonyl (C=O) groups is 1. The van der Waals surface area contributed by atoms with Gasteiger partial charge in [0.2, 0.25) is 5.79 Å². The summed E-state index contributed by atoms with van der Waals surface area (Å²) in [6.45, 7) is 38.0. The van der Waals surface area contributed by atoms with Gasteiger partial charge in [0.1, 0.15) is 24.9 Å². The first kappa shape index (κ1) is 98.2. The molecule has 1 aromatic carbocycles. The van der Waals surface area contributed by atoms with Crippen LogP contribution in [0.1, 0.15) is 232 Å². The molecule has 0 saturated carbocycles. The van der Waals surface area contributed by atoms with Gasteiger partial charge in [-0.2, -0.15) is 0 Å². The monoisotopic (exact) mass is 1800 g/mol. The topological polar surface area (TPSA) is 257 Å². The Kier molecular flexibility index (Phi) is 42.1. The van der Waals surface area contributed by atoms with Gasteiger partial charge >= 0.3 is 331 Å². The van der Waals surface area contributed by atoms with Crippen molar-refractivity contribution in [2.24, 2.45) is 0 Å². The van der Waals surface area contributed by atoms with Crippen LogP contribution >= 0.6 is 29.0 Å². The smallest absolute Gasteiger partial charge is 0.373 e. The van der Waals surface area contributed by atoms with E-state index in [1.807, 2.05) is 58.0 Å². The number of hydrogen-bond donors (Lipinski definition) is 0. The van der Waals surface area contributed by atoms with Crippen LogP contribution in [-0.2, 0) is 134 Å². The van der Waals surface area contributed by atoms with Crippen molar-refractivity contribution in [3.8, 4) is 0 Å². The normalized spacial score (nSPS) is 36.8. The summed E-state index contributed by atoms with van der Waals surface area (Å²) in [5.74, 6) is -3.22. The third kappa shape index (κ3) is 26.3. The molecule has 0 amide bonds. The van der Waals surface area contributed by atoms with Crippen molar-refractivity contribution in [1.82, 2.24) is 0 Å². The number of ether oxygens (including phenoxy) is 24. The van der Waals surface area contributed by atoms with Gasteiger partial charge in [-0.1, -0.05) is 145 Å². The molecule has 666 valence electrons. The predicted octanol–water partition coefficient (Wildman–Crippen LogP) is 15.3. The molecular weight excluding hydrogens is 1660 g/mol. The fraction of sp³-hybridized carbons (Fsp3) is 0.917. The molecule has 0 bridgehead atoms. The second kappa shape index (κ2) is 49.4. The van der Waals surface area contributed by atoms with E-state index in [0.29, 0.717) is 59.1 Å². The van der Waals surface area contributed by atoms with E-state index in [2.05, 4.69) is 97.4 Å². The van der Waals surface area contributed by atoms with Crippen molar-refractivity contribution in [2.75, 3.05) is 85.9 Å². The zero-order chi connectivity index (χ0) is 82.7. The second-order valence-electron chi connectivity index (χ2n) is 32.4. The zero-order valence-corrected chi connectivity index (χ0v) is 77.1. The van der Waals surface area contributed by atoms with Gasteiger partial charge in [0.25, 0.3) is 0 Å². The molecule has 8 saturated heterocycles. The van der Waals surface area contributed by atoms with E-state index in [4.69, 9.17) is 130 Å². The Labute approximate surface area is 704 Å². The molecule has 31 heteroatoms. The van der Waals surface area contributed by atoms with Crippen molar-refractivity contribution < 1.29 is 127 Å². The molecule has 0 aromatic heterocycles. The number of hydrogen-bond acceptors (Lipinski definition) is 28. The second-order valence-corrected chi connectivity index (χ2v) is 43.2. The third-order valence-electron chi connectivity index (χ3n) is 23.1. The summed E-state index contributed by atoms with van der Waals surface area (Å²) < 4.78 is 185. The molecule has 10 unspecified atom stereocenters. The van der Waals surface area contributed by atoms with E-state index >= 15 is 0 Å². The van der Waals surface area contributed by atoms with Gasteiger partial charge in [0.15, 0.2) is 20.2 Å². The maximum atomic E-state index is 13.7. The first-order valence-corrected chi connectivity index (χ1v) is 51.2. The van der Waals surface area contributed by atoms with E-state index in [1.54, 1.807) is 6.92 Å². The number of unbranched alkanes of at least 4 members (excludes halogenated alkanes) is 8. The van der Waals surface area contributed by atoms with Crippen LogP contribution < -0.4 is 0 Å². The van der Waals surface area contributed by atoms with Crippen molar-refractivity contribution in [3.05, 3.63) is 35.9 Å². The molecule has 1 aromatic rings. The fourth-order valence-electron chi connectivity index (χ4n) is 16.2. The summed E-state index contributed by atoms with van der Waals surface area (Å²) in [6, 6.07) is 12.2. The average Bonchev–Trinajstić information content (AvgIpc) is 1.55. The molecule has 0 spiro atoms. The molecule has 8 heterocycles. The van der Waals surface area contributed by atoms with Gasteiger partial charge in [-0.3, -0.25) is 0 Å². The van der Waals surface area contributed by atoms with Gasteiger partial charge in [-0.15, -0.1) is 0 Å². The maximum absolute atomic E-state index is 13.7. The van der Waals surface area contributed by atoms with Crippen molar-refractivity contribution in [1.29, 1.82) is 0 Å². The Morgan fingerprint density at radius 1 is 0.496 bits per heavy atom. The zero-order valence-electron chi connectivity index (χ0n) is 72.2. The van der Waals surface area contributed by atoms with E-state index in [9.17, 15) is 4.79 Å².